The molecule has 2 nitrogen and oxygen atoms in total. The summed E-state index contributed by atoms with van der Waals surface area (Å²) >= 11 is 0. The molecular weight excluding hydrogens is 160 g/mol. The van der Waals surface area contributed by atoms with Crippen LogP contribution in [0.4, 0.5) is 0 Å². The predicted molar refractivity (Wildman–Crippen MR) is 55.9 cm³/mol. The van der Waals surface area contributed by atoms with Crippen LogP contribution in [0.25, 0.3) is 0 Å². The number of hydrogen-bond donors (Lipinski definition) is 0. The maximum Gasteiger partial charge on any atom is 0.0856 e. The van der Waals surface area contributed by atoms with Gasteiger partial charge in [0, 0.05) is 7.05 Å². The molecule has 0 N–H and O–H groups in total. The number of rotatable bonds is 1. The maximum absolute atomic E-state index is 4.28. The minimum absolute atomic E-state index is 0.0201. The van der Waals surface area contributed by atoms with Gasteiger partial charge in [0.1, 0.15) is 0 Å². The molecule has 2 heteroatoms. The van der Waals surface area contributed by atoms with Crippen LogP contribution in [0.1, 0.15) is 33.6 Å². The van der Waals surface area contributed by atoms with E-state index in [1.54, 1.807) is 7.05 Å². The molecule has 72 valence electrons. The first-order valence-corrected chi connectivity index (χ1v) is 4.72. The molecule has 0 aromatic carbocycles. The van der Waals surface area contributed by atoms with Crippen molar-refractivity contribution in [1.82, 2.24) is 0 Å². The molecule has 1 aliphatic rings. The van der Waals surface area contributed by atoms with Gasteiger partial charge in [-0.3, -0.25) is 0 Å². The number of allylic oxidation sites excluding steroid dienone is 2. The SMILES string of the molecule is CN=NC1(C)CC=C(C)C(C)=CC1. The summed E-state index contributed by atoms with van der Waals surface area (Å²) in [4.78, 5) is 0. The van der Waals surface area contributed by atoms with Crippen molar-refractivity contribution in [2.24, 2.45) is 10.2 Å². The second-order valence-electron chi connectivity index (χ2n) is 3.98. The molecule has 0 heterocycles. The minimum atomic E-state index is -0.0201. The van der Waals surface area contributed by atoms with Gasteiger partial charge in [0.05, 0.1) is 5.54 Å². The summed E-state index contributed by atoms with van der Waals surface area (Å²) in [6, 6.07) is 0. The molecule has 0 radical (unpaired) electrons. The Morgan fingerprint density at radius 3 is 2.00 bits per heavy atom. The van der Waals surface area contributed by atoms with Gasteiger partial charge in [-0.25, -0.2) is 0 Å². The molecule has 0 aromatic heterocycles. The highest BCUT2D eigenvalue weighted by Gasteiger charge is 2.22. The first-order valence-electron chi connectivity index (χ1n) is 4.72. The molecule has 13 heavy (non-hydrogen) atoms. The summed E-state index contributed by atoms with van der Waals surface area (Å²) in [5, 5.41) is 8.17. The summed E-state index contributed by atoms with van der Waals surface area (Å²) in [6.07, 6.45) is 6.50. The van der Waals surface area contributed by atoms with Gasteiger partial charge in [0.2, 0.25) is 0 Å². The van der Waals surface area contributed by atoms with Crippen molar-refractivity contribution < 1.29 is 0 Å². The zero-order valence-electron chi connectivity index (χ0n) is 8.96. The Labute approximate surface area is 80.5 Å². The van der Waals surface area contributed by atoms with Crippen molar-refractivity contribution >= 4 is 0 Å². The first kappa shape index (κ1) is 10.2. The van der Waals surface area contributed by atoms with E-state index in [9.17, 15) is 0 Å². The van der Waals surface area contributed by atoms with Gasteiger partial charge >= 0.3 is 0 Å². The summed E-state index contributed by atoms with van der Waals surface area (Å²) in [5.74, 6) is 0. The molecule has 0 amide bonds. The van der Waals surface area contributed by atoms with E-state index in [1.165, 1.54) is 11.1 Å². The molecule has 0 bridgehead atoms. The largest absolute Gasteiger partial charge is 0.197 e. The second-order valence-corrected chi connectivity index (χ2v) is 3.98. The van der Waals surface area contributed by atoms with Crippen molar-refractivity contribution in [2.75, 3.05) is 7.05 Å². The van der Waals surface area contributed by atoms with Gasteiger partial charge in [-0.1, -0.05) is 23.3 Å². The van der Waals surface area contributed by atoms with Crippen LogP contribution < -0.4 is 0 Å². The highest BCUT2D eigenvalue weighted by atomic mass is 15.1. The Balaban J connectivity index is 2.88. The molecule has 0 atom stereocenters. The van der Waals surface area contributed by atoms with Gasteiger partial charge in [-0.05, 0) is 33.6 Å². The lowest BCUT2D eigenvalue weighted by molar-refractivity contribution is 0.460. The third-order valence-corrected chi connectivity index (χ3v) is 2.66. The molecule has 0 spiro atoms. The average molecular weight is 178 g/mol. The van der Waals surface area contributed by atoms with Crippen molar-refractivity contribution in [3.05, 3.63) is 23.3 Å². The van der Waals surface area contributed by atoms with E-state index in [4.69, 9.17) is 0 Å². The van der Waals surface area contributed by atoms with E-state index < -0.39 is 0 Å². The molecular formula is C11H18N2. The zero-order valence-corrected chi connectivity index (χ0v) is 8.96. The Morgan fingerprint density at radius 1 is 1.15 bits per heavy atom. The molecule has 0 aliphatic heterocycles. The lowest BCUT2D eigenvalue weighted by Crippen LogP contribution is -2.18. The lowest BCUT2D eigenvalue weighted by Gasteiger charge is -2.18. The highest BCUT2D eigenvalue weighted by molar-refractivity contribution is 5.30. The van der Waals surface area contributed by atoms with Gasteiger partial charge in [0.15, 0.2) is 0 Å². The topological polar surface area (TPSA) is 24.7 Å². The fourth-order valence-corrected chi connectivity index (χ4v) is 1.47. The molecule has 0 fully saturated rings. The fourth-order valence-electron chi connectivity index (χ4n) is 1.47. The molecule has 0 saturated carbocycles. The van der Waals surface area contributed by atoms with Crippen molar-refractivity contribution in [3.63, 3.8) is 0 Å². The van der Waals surface area contributed by atoms with Crippen LogP contribution in [0, 0.1) is 0 Å². The molecule has 0 unspecified atom stereocenters. The smallest absolute Gasteiger partial charge is 0.0856 e. The Kier molecular flexibility index (Phi) is 3.02. The molecule has 0 aromatic rings. The summed E-state index contributed by atoms with van der Waals surface area (Å²) in [6.45, 7) is 6.46. The van der Waals surface area contributed by atoms with Crippen LogP contribution in [0.15, 0.2) is 33.5 Å². The van der Waals surface area contributed by atoms with E-state index in [1.807, 2.05) is 0 Å². The van der Waals surface area contributed by atoms with Crippen LogP contribution >= 0.6 is 0 Å². The van der Waals surface area contributed by atoms with Gasteiger partial charge in [-0.2, -0.15) is 10.2 Å². The Bertz CT molecular complexity index is 252. The van der Waals surface area contributed by atoms with E-state index in [0.29, 0.717) is 0 Å². The van der Waals surface area contributed by atoms with Gasteiger partial charge in [-0.15, -0.1) is 0 Å². The summed E-state index contributed by atoms with van der Waals surface area (Å²) < 4.78 is 0. The number of nitrogens with zero attached hydrogens (tertiary/aromatic N) is 2. The molecule has 1 rings (SSSR count). The van der Waals surface area contributed by atoms with Crippen LogP contribution in [0.5, 0.6) is 0 Å². The third-order valence-electron chi connectivity index (χ3n) is 2.66. The van der Waals surface area contributed by atoms with Crippen LogP contribution in [-0.4, -0.2) is 12.6 Å². The van der Waals surface area contributed by atoms with Gasteiger partial charge < -0.3 is 0 Å². The normalized spacial score (nSPS) is 22.5. The number of azo groups is 1. The zero-order chi connectivity index (χ0) is 9.90. The molecule has 1 aliphatic carbocycles. The van der Waals surface area contributed by atoms with Crippen molar-refractivity contribution in [3.8, 4) is 0 Å². The predicted octanol–water partition coefficient (Wildman–Crippen LogP) is 3.51. The Morgan fingerprint density at radius 2 is 1.62 bits per heavy atom. The van der Waals surface area contributed by atoms with Crippen molar-refractivity contribution in [2.45, 2.75) is 39.2 Å². The van der Waals surface area contributed by atoms with Gasteiger partial charge in [0.25, 0.3) is 0 Å². The van der Waals surface area contributed by atoms with Crippen LogP contribution in [-0.2, 0) is 0 Å². The van der Waals surface area contributed by atoms with Crippen LogP contribution in [0.3, 0.4) is 0 Å². The highest BCUT2D eigenvalue weighted by Crippen LogP contribution is 2.28. The first-order chi connectivity index (χ1) is 6.07. The van der Waals surface area contributed by atoms with Crippen molar-refractivity contribution in [1.29, 1.82) is 0 Å². The van der Waals surface area contributed by atoms with E-state index in [2.05, 4.69) is 43.2 Å². The molecule has 0 saturated heterocycles. The van der Waals surface area contributed by atoms with Crippen LogP contribution in [0.2, 0.25) is 0 Å². The summed E-state index contributed by atoms with van der Waals surface area (Å²) in [5.41, 5.74) is 2.72. The average Bonchev–Trinajstić information content (AvgIpc) is 2.21. The van der Waals surface area contributed by atoms with E-state index >= 15 is 0 Å². The number of hydrogen-bond acceptors (Lipinski definition) is 2. The quantitative estimate of drug-likeness (QED) is 0.549. The minimum Gasteiger partial charge on any atom is -0.197 e. The monoisotopic (exact) mass is 178 g/mol. The lowest BCUT2D eigenvalue weighted by atomic mass is 9.96. The third kappa shape index (κ3) is 2.51. The maximum atomic E-state index is 4.28. The summed E-state index contributed by atoms with van der Waals surface area (Å²) in [7, 11) is 1.74. The standard InChI is InChI=1S/C11H18N2/c1-9-5-7-11(3,13-12-4)8-6-10(9)2/h5-6H,7-8H2,1-4H3. The second kappa shape index (κ2) is 3.86. The fraction of sp³-hybridized carbons (Fsp3) is 0.636. The van der Waals surface area contributed by atoms with E-state index in [-0.39, 0.29) is 5.54 Å². The Hall–Kier alpha value is -0.920. The van der Waals surface area contributed by atoms with E-state index in [0.717, 1.165) is 12.8 Å².